The lowest BCUT2D eigenvalue weighted by Gasteiger charge is -2.10. The SMILES string of the molecule is CCOC(O)Nc1nc2cc(-c3n[nH]c(=O)c4ccccc34)c(C)cc2[nH]1. The minimum Gasteiger partial charge on any atom is -0.351 e. The van der Waals surface area contributed by atoms with Gasteiger partial charge in [0.1, 0.15) is 0 Å². The Kier molecular flexibility index (Phi) is 4.35. The molecule has 27 heavy (non-hydrogen) atoms. The van der Waals surface area contributed by atoms with Gasteiger partial charge in [-0.3, -0.25) is 4.79 Å². The van der Waals surface area contributed by atoms with E-state index in [1.165, 1.54) is 0 Å². The fourth-order valence-electron chi connectivity index (χ4n) is 3.13. The number of rotatable bonds is 5. The third-order valence-electron chi connectivity index (χ3n) is 4.36. The molecule has 0 aliphatic rings. The molecule has 0 saturated carbocycles. The summed E-state index contributed by atoms with van der Waals surface area (Å²) in [6.45, 7) is 4.14. The predicted molar refractivity (Wildman–Crippen MR) is 103 cm³/mol. The van der Waals surface area contributed by atoms with Crippen LogP contribution in [0.5, 0.6) is 0 Å². The third-order valence-corrected chi connectivity index (χ3v) is 4.36. The maximum absolute atomic E-state index is 12.0. The number of benzene rings is 2. The number of hydrogen-bond donors (Lipinski definition) is 4. The molecular formula is C19H19N5O3. The largest absolute Gasteiger partial charge is 0.351 e. The maximum atomic E-state index is 12.0. The summed E-state index contributed by atoms with van der Waals surface area (Å²) in [5.74, 6) is 0.404. The fraction of sp³-hybridized carbons (Fsp3) is 0.211. The minimum atomic E-state index is -1.14. The van der Waals surface area contributed by atoms with Gasteiger partial charge in [-0.2, -0.15) is 5.10 Å². The van der Waals surface area contributed by atoms with E-state index in [4.69, 9.17) is 4.74 Å². The lowest BCUT2D eigenvalue weighted by Crippen LogP contribution is -2.22. The lowest BCUT2D eigenvalue weighted by atomic mass is 10.0. The highest BCUT2D eigenvalue weighted by Crippen LogP contribution is 2.30. The van der Waals surface area contributed by atoms with Gasteiger partial charge in [0.25, 0.3) is 5.56 Å². The Hall–Kier alpha value is -3.23. The summed E-state index contributed by atoms with van der Waals surface area (Å²) in [6.07, 6.45) is -1.14. The summed E-state index contributed by atoms with van der Waals surface area (Å²) < 4.78 is 5.06. The lowest BCUT2D eigenvalue weighted by molar-refractivity contribution is -0.0734. The molecule has 4 aromatic rings. The number of nitrogens with zero attached hydrogens (tertiary/aromatic N) is 2. The smallest absolute Gasteiger partial charge is 0.272 e. The first-order chi connectivity index (χ1) is 13.1. The molecule has 2 aromatic carbocycles. The quantitative estimate of drug-likeness (QED) is 0.404. The Morgan fingerprint density at radius 3 is 2.81 bits per heavy atom. The van der Waals surface area contributed by atoms with Gasteiger partial charge < -0.3 is 20.1 Å². The molecule has 4 N–H and O–H groups in total. The third kappa shape index (κ3) is 3.16. The number of anilines is 1. The second-order valence-electron chi connectivity index (χ2n) is 6.17. The number of imidazole rings is 1. The first-order valence-electron chi connectivity index (χ1n) is 8.61. The van der Waals surface area contributed by atoms with Crippen LogP contribution in [0.1, 0.15) is 12.5 Å². The van der Waals surface area contributed by atoms with Crippen molar-refractivity contribution in [3.63, 3.8) is 0 Å². The van der Waals surface area contributed by atoms with E-state index >= 15 is 0 Å². The number of H-pyrrole nitrogens is 2. The van der Waals surface area contributed by atoms with Gasteiger partial charge in [0.15, 0.2) is 0 Å². The monoisotopic (exact) mass is 365 g/mol. The summed E-state index contributed by atoms with van der Waals surface area (Å²) in [4.78, 5) is 19.6. The highest BCUT2D eigenvalue weighted by molar-refractivity contribution is 5.96. The van der Waals surface area contributed by atoms with Crippen LogP contribution in [0.15, 0.2) is 41.2 Å². The molecule has 1 atom stereocenters. The van der Waals surface area contributed by atoms with Crippen LogP contribution in [0.3, 0.4) is 0 Å². The number of aryl methyl sites for hydroxylation is 1. The predicted octanol–water partition coefficient (Wildman–Crippen LogP) is 2.50. The Bertz CT molecular complexity index is 1180. The number of ether oxygens (including phenoxy) is 1. The highest BCUT2D eigenvalue weighted by Gasteiger charge is 2.14. The Morgan fingerprint density at radius 1 is 1.26 bits per heavy atom. The summed E-state index contributed by atoms with van der Waals surface area (Å²) in [6, 6.07) is 11.2. The van der Waals surface area contributed by atoms with Crippen LogP contribution in [0.2, 0.25) is 0 Å². The van der Waals surface area contributed by atoms with Gasteiger partial charge in [-0.25, -0.2) is 10.1 Å². The number of aliphatic hydroxyl groups is 1. The van der Waals surface area contributed by atoms with Crippen molar-refractivity contribution in [3.8, 4) is 11.3 Å². The molecule has 0 spiro atoms. The summed E-state index contributed by atoms with van der Waals surface area (Å²) in [5, 5.41) is 20.7. The van der Waals surface area contributed by atoms with Crippen molar-refractivity contribution in [3.05, 3.63) is 52.3 Å². The Morgan fingerprint density at radius 2 is 2.04 bits per heavy atom. The van der Waals surface area contributed by atoms with Crippen LogP contribution < -0.4 is 10.9 Å². The second-order valence-corrected chi connectivity index (χ2v) is 6.17. The van der Waals surface area contributed by atoms with Crippen LogP contribution in [0, 0.1) is 6.92 Å². The van der Waals surface area contributed by atoms with E-state index in [-0.39, 0.29) is 5.56 Å². The molecule has 8 nitrogen and oxygen atoms in total. The molecule has 0 radical (unpaired) electrons. The molecule has 0 aliphatic heterocycles. The van der Waals surface area contributed by atoms with Crippen LogP contribution in [0.4, 0.5) is 5.95 Å². The zero-order chi connectivity index (χ0) is 19.0. The summed E-state index contributed by atoms with van der Waals surface area (Å²) in [7, 11) is 0. The Balaban J connectivity index is 1.82. The van der Waals surface area contributed by atoms with E-state index in [2.05, 4.69) is 25.5 Å². The highest BCUT2D eigenvalue weighted by atomic mass is 16.6. The molecule has 0 fully saturated rings. The van der Waals surface area contributed by atoms with Gasteiger partial charge in [0, 0.05) is 17.6 Å². The molecule has 8 heteroatoms. The van der Waals surface area contributed by atoms with Gasteiger partial charge in [0.05, 0.1) is 22.1 Å². The average Bonchev–Trinajstić information content (AvgIpc) is 3.03. The van der Waals surface area contributed by atoms with Crippen molar-refractivity contribution in [1.82, 2.24) is 20.2 Å². The molecule has 2 aromatic heterocycles. The van der Waals surface area contributed by atoms with E-state index in [1.807, 2.05) is 37.3 Å². The molecule has 138 valence electrons. The van der Waals surface area contributed by atoms with Gasteiger partial charge in [-0.1, -0.05) is 18.2 Å². The molecule has 0 aliphatic carbocycles. The number of fused-ring (bicyclic) bond motifs is 2. The van der Waals surface area contributed by atoms with Gasteiger partial charge in [0.2, 0.25) is 12.4 Å². The number of nitrogens with one attached hydrogen (secondary N) is 3. The standard InChI is InChI=1S/C19H19N5O3/c1-3-27-19(26)22-18-20-14-8-10(2)13(9-15(14)21-18)16-11-6-4-5-7-12(11)17(25)24-23-16/h4-9,19,26H,3H2,1-2H3,(H,24,25)(H2,20,21,22). The van der Waals surface area contributed by atoms with Crippen LogP contribution in [-0.2, 0) is 4.74 Å². The molecule has 0 saturated heterocycles. The first kappa shape index (κ1) is 17.2. The van der Waals surface area contributed by atoms with Gasteiger partial charge in [-0.15, -0.1) is 0 Å². The van der Waals surface area contributed by atoms with E-state index in [1.54, 1.807) is 13.0 Å². The first-order valence-corrected chi connectivity index (χ1v) is 8.61. The topological polar surface area (TPSA) is 116 Å². The Labute approximate surface area is 154 Å². The number of aromatic amines is 2. The van der Waals surface area contributed by atoms with Crippen molar-refractivity contribution in [2.45, 2.75) is 20.3 Å². The van der Waals surface area contributed by atoms with Crippen LogP contribution in [-0.4, -0.2) is 38.3 Å². The van der Waals surface area contributed by atoms with Crippen molar-refractivity contribution in [1.29, 1.82) is 0 Å². The average molecular weight is 365 g/mol. The van der Waals surface area contributed by atoms with Crippen molar-refractivity contribution in [2.75, 3.05) is 11.9 Å². The van der Waals surface area contributed by atoms with Crippen molar-refractivity contribution in [2.24, 2.45) is 0 Å². The second kappa shape index (κ2) is 6.82. The van der Waals surface area contributed by atoms with E-state index in [9.17, 15) is 9.90 Å². The normalized spacial score (nSPS) is 12.6. The molecule has 1 unspecified atom stereocenters. The maximum Gasteiger partial charge on any atom is 0.272 e. The van der Waals surface area contributed by atoms with Crippen molar-refractivity contribution < 1.29 is 9.84 Å². The molecular weight excluding hydrogens is 346 g/mol. The zero-order valence-corrected chi connectivity index (χ0v) is 14.9. The summed E-state index contributed by atoms with van der Waals surface area (Å²) in [5.41, 5.74) is 3.85. The van der Waals surface area contributed by atoms with Crippen LogP contribution in [0.25, 0.3) is 33.1 Å². The van der Waals surface area contributed by atoms with Gasteiger partial charge in [-0.05, 0) is 37.6 Å². The molecule has 0 bridgehead atoms. The van der Waals surface area contributed by atoms with E-state index < -0.39 is 6.41 Å². The minimum absolute atomic E-state index is 0.218. The number of aliphatic hydroxyl groups excluding tert-OH is 1. The van der Waals surface area contributed by atoms with Crippen molar-refractivity contribution >= 4 is 27.8 Å². The van der Waals surface area contributed by atoms with Crippen LogP contribution >= 0.6 is 0 Å². The summed E-state index contributed by atoms with van der Waals surface area (Å²) >= 11 is 0. The molecule has 2 heterocycles. The van der Waals surface area contributed by atoms with E-state index in [0.29, 0.717) is 29.2 Å². The number of aromatic nitrogens is 4. The molecule has 4 rings (SSSR count). The number of hydrogen-bond acceptors (Lipinski definition) is 6. The van der Waals surface area contributed by atoms with Gasteiger partial charge >= 0.3 is 0 Å². The molecule has 0 amide bonds. The zero-order valence-electron chi connectivity index (χ0n) is 14.9. The van der Waals surface area contributed by atoms with E-state index in [0.717, 1.165) is 22.0 Å². The fourth-order valence-corrected chi connectivity index (χ4v) is 3.13.